The van der Waals surface area contributed by atoms with Crippen LogP contribution in [0.3, 0.4) is 0 Å². The molecule has 0 aliphatic heterocycles. The maximum absolute atomic E-state index is 10.9. The number of benzene rings is 2. The molecular weight excluding hydrogens is 330 g/mol. The Hall–Kier alpha value is -2.44. The summed E-state index contributed by atoms with van der Waals surface area (Å²) in [4.78, 5) is 10.9. The number of primary amides is 1. The predicted molar refractivity (Wildman–Crippen MR) is 94.2 cm³/mol. The quantitative estimate of drug-likeness (QED) is 0.606. The Morgan fingerprint density at radius 2 is 1.96 bits per heavy atom. The lowest BCUT2D eigenvalue weighted by molar-refractivity contribution is -0.119. The summed E-state index contributed by atoms with van der Waals surface area (Å²) in [6.07, 6.45) is 0. The predicted octanol–water partition coefficient (Wildman–Crippen LogP) is 2.72. The molecular formula is C17H20ClN3O3. The van der Waals surface area contributed by atoms with Gasteiger partial charge in [-0.05, 0) is 36.8 Å². The summed E-state index contributed by atoms with van der Waals surface area (Å²) < 4.78 is 10.9. The van der Waals surface area contributed by atoms with Gasteiger partial charge in [-0.2, -0.15) is 0 Å². The van der Waals surface area contributed by atoms with Crippen molar-refractivity contribution in [3.8, 4) is 11.5 Å². The highest BCUT2D eigenvalue weighted by Gasteiger charge is 2.13. The van der Waals surface area contributed by atoms with Crippen LogP contribution in [0.1, 0.15) is 12.5 Å². The van der Waals surface area contributed by atoms with Crippen LogP contribution in [0.2, 0.25) is 5.02 Å². The van der Waals surface area contributed by atoms with Crippen molar-refractivity contribution in [2.75, 3.05) is 18.6 Å². The number of ether oxygens (including phenoxy) is 2. The largest absolute Gasteiger partial charge is 0.490 e. The fourth-order valence-corrected chi connectivity index (χ4v) is 2.33. The fraction of sp³-hybridized carbons (Fsp3) is 0.235. The topological polar surface area (TPSA) is 85.6 Å². The molecule has 2 rings (SSSR count). The summed E-state index contributed by atoms with van der Waals surface area (Å²) in [5.74, 6) is 0.214. The van der Waals surface area contributed by atoms with Gasteiger partial charge >= 0.3 is 0 Å². The molecule has 0 bridgehead atoms. The molecule has 1 amide bonds. The van der Waals surface area contributed by atoms with Crippen molar-refractivity contribution in [2.45, 2.75) is 13.5 Å². The number of hydrogen-bond donors (Lipinski definition) is 3. The molecule has 0 fully saturated rings. The van der Waals surface area contributed by atoms with Crippen LogP contribution in [0.5, 0.6) is 11.5 Å². The number of nitrogens with two attached hydrogens (primary N) is 1. The number of carbonyl (C=O) groups excluding carboxylic acids is 1. The Morgan fingerprint density at radius 3 is 2.62 bits per heavy atom. The SMILES string of the molecule is CCOc1cc(CNNc2ccccc2)cc(Cl)c1OCC(N)=O. The molecule has 0 aliphatic rings. The molecule has 2 aromatic rings. The second-order valence-electron chi connectivity index (χ2n) is 4.94. The summed E-state index contributed by atoms with van der Waals surface area (Å²) in [7, 11) is 0. The van der Waals surface area contributed by atoms with Crippen molar-refractivity contribution in [2.24, 2.45) is 5.73 Å². The number of para-hydroxylation sites is 1. The van der Waals surface area contributed by atoms with E-state index in [1.165, 1.54) is 0 Å². The third-order valence-corrected chi connectivity index (χ3v) is 3.31. The lowest BCUT2D eigenvalue weighted by Gasteiger charge is -2.15. The molecule has 0 radical (unpaired) electrons. The Labute approximate surface area is 145 Å². The van der Waals surface area contributed by atoms with Crippen molar-refractivity contribution >= 4 is 23.2 Å². The molecule has 0 spiro atoms. The average molecular weight is 350 g/mol. The number of hydrazine groups is 1. The first-order valence-corrected chi connectivity index (χ1v) is 7.88. The first kappa shape index (κ1) is 17.9. The number of hydrogen-bond acceptors (Lipinski definition) is 5. The van der Waals surface area contributed by atoms with Crippen molar-refractivity contribution < 1.29 is 14.3 Å². The molecule has 4 N–H and O–H groups in total. The number of nitrogens with one attached hydrogen (secondary N) is 2. The number of rotatable bonds is 9. The van der Waals surface area contributed by atoms with Gasteiger partial charge in [0, 0.05) is 12.2 Å². The molecule has 2 aromatic carbocycles. The Bertz CT molecular complexity index is 680. The highest BCUT2D eigenvalue weighted by Crippen LogP contribution is 2.36. The Morgan fingerprint density at radius 1 is 1.21 bits per heavy atom. The van der Waals surface area contributed by atoms with Crippen LogP contribution in [0.25, 0.3) is 0 Å². The van der Waals surface area contributed by atoms with Gasteiger partial charge in [0.05, 0.1) is 11.6 Å². The lowest BCUT2D eigenvalue weighted by Crippen LogP contribution is -2.21. The van der Waals surface area contributed by atoms with Gasteiger partial charge < -0.3 is 20.6 Å². The van der Waals surface area contributed by atoms with E-state index in [1.54, 1.807) is 6.07 Å². The number of carbonyl (C=O) groups is 1. The number of halogens is 1. The second kappa shape index (κ2) is 9.00. The van der Waals surface area contributed by atoms with Crippen LogP contribution in [-0.2, 0) is 11.3 Å². The van der Waals surface area contributed by atoms with E-state index in [-0.39, 0.29) is 6.61 Å². The zero-order valence-electron chi connectivity index (χ0n) is 13.3. The molecule has 0 heterocycles. The summed E-state index contributed by atoms with van der Waals surface area (Å²) >= 11 is 6.24. The molecule has 0 unspecified atom stereocenters. The lowest BCUT2D eigenvalue weighted by atomic mass is 10.2. The average Bonchev–Trinajstić information content (AvgIpc) is 2.55. The smallest absolute Gasteiger partial charge is 0.255 e. The van der Waals surface area contributed by atoms with Crippen molar-refractivity contribution in [3.05, 3.63) is 53.1 Å². The van der Waals surface area contributed by atoms with Crippen LogP contribution in [0.4, 0.5) is 5.69 Å². The molecule has 6 nitrogen and oxygen atoms in total. The van der Waals surface area contributed by atoms with Gasteiger partial charge in [-0.3, -0.25) is 4.79 Å². The van der Waals surface area contributed by atoms with Gasteiger partial charge in [0.25, 0.3) is 5.91 Å². The zero-order valence-corrected chi connectivity index (χ0v) is 14.1. The maximum atomic E-state index is 10.9. The summed E-state index contributed by atoms with van der Waals surface area (Å²) in [6, 6.07) is 13.3. The molecule has 0 aliphatic carbocycles. The van der Waals surface area contributed by atoms with Crippen molar-refractivity contribution in [1.82, 2.24) is 5.43 Å². The van der Waals surface area contributed by atoms with Gasteiger partial charge in [-0.1, -0.05) is 29.8 Å². The molecule has 0 aromatic heterocycles. The summed E-state index contributed by atoms with van der Waals surface area (Å²) in [6.45, 7) is 2.56. The standard InChI is InChI=1S/C17H20ClN3O3/c1-2-23-15-9-12(8-14(18)17(15)24-11-16(19)22)10-20-21-13-6-4-3-5-7-13/h3-9,20-21H,2,10-11H2,1H3,(H2,19,22). The van der Waals surface area contributed by atoms with Crippen LogP contribution in [-0.4, -0.2) is 19.1 Å². The first-order valence-electron chi connectivity index (χ1n) is 7.50. The molecule has 7 heteroatoms. The molecule has 128 valence electrons. The van der Waals surface area contributed by atoms with E-state index in [1.807, 2.05) is 43.3 Å². The van der Waals surface area contributed by atoms with E-state index < -0.39 is 5.91 Å². The van der Waals surface area contributed by atoms with Gasteiger partial charge in [0.15, 0.2) is 18.1 Å². The summed E-state index contributed by atoms with van der Waals surface area (Å²) in [5, 5.41) is 0.360. The molecule has 0 saturated carbocycles. The normalized spacial score (nSPS) is 10.2. The summed E-state index contributed by atoms with van der Waals surface area (Å²) in [5.41, 5.74) is 13.2. The monoisotopic (exact) mass is 349 g/mol. The third kappa shape index (κ3) is 5.33. The molecule has 24 heavy (non-hydrogen) atoms. The second-order valence-corrected chi connectivity index (χ2v) is 5.34. The highest BCUT2D eigenvalue weighted by atomic mass is 35.5. The van der Waals surface area contributed by atoms with Crippen LogP contribution in [0, 0.1) is 0 Å². The maximum Gasteiger partial charge on any atom is 0.255 e. The van der Waals surface area contributed by atoms with Gasteiger partial charge in [0.2, 0.25) is 0 Å². The minimum Gasteiger partial charge on any atom is -0.490 e. The van der Waals surface area contributed by atoms with E-state index >= 15 is 0 Å². The van der Waals surface area contributed by atoms with Crippen LogP contribution < -0.4 is 26.1 Å². The first-order chi connectivity index (χ1) is 11.6. The van der Waals surface area contributed by atoms with E-state index in [0.717, 1.165) is 11.3 Å². The fourth-order valence-electron chi connectivity index (χ4n) is 2.04. The number of anilines is 1. The molecule has 0 atom stereocenters. The minimum atomic E-state index is -0.577. The zero-order chi connectivity index (χ0) is 17.4. The van der Waals surface area contributed by atoms with Crippen molar-refractivity contribution in [1.29, 1.82) is 0 Å². The van der Waals surface area contributed by atoms with E-state index in [9.17, 15) is 4.79 Å². The Balaban J connectivity index is 2.05. The molecule has 0 saturated heterocycles. The van der Waals surface area contributed by atoms with Gasteiger partial charge in [0.1, 0.15) is 0 Å². The van der Waals surface area contributed by atoms with E-state index in [2.05, 4.69) is 10.9 Å². The number of amides is 1. The van der Waals surface area contributed by atoms with Gasteiger partial charge in [-0.15, -0.1) is 0 Å². The van der Waals surface area contributed by atoms with Crippen LogP contribution in [0.15, 0.2) is 42.5 Å². The third-order valence-electron chi connectivity index (χ3n) is 3.03. The van der Waals surface area contributed by atoms with E-state index in [4.69, 9.17) is 26.8 Å². The van der Waals surface area contributed by atoms with Crippen LogP contribution >= 0.6 is 11.6 Å². The Kier molecular flexibility index (Phi) is 6.72. The van der Waals surface area contributed by atoms with E-state index in [0.29, 0.717) is 29.7 Å². The minimum absolute atomic E-state index is 0.257. The van der Waals surface area contributed by atoms with Crippen molar-refractivity contribution in [3.63, 3.8) is 0 Å². The van der Waals surface area contributed by atoms with Gasteiger partial charge in [-0.25, -0.2) is 5.43 Å². The highest BCUT2D eigenvalue weighted by molar-refractivity contribution is 6.32.